The largest absolute Gasteiger partial charge is 0.486 e. The fraction of sp³-hybridized carbons (Fsp3) is 0.267. The van der Waals surface area contributed by atoms with Crippen molar-refractivity contribution in [2.75, 3.05) is 0 Å². The van der Waals surface area contributed by atoms with Gasteiger partial charge in [-0.25, -0.2) is 0 Å². The van der Waals surface area contributed by atoms with E-state index in [-0.39, 0.29) is 6.10 Å². The van der Waals surface area contributed by atoms with Gasteiger partial charge in [0.2, 0.25) is 0 Å². The average Bonchev–Trinajstić information content (AvgIpc) is 2.40. The first kappa shape index (κ1) is 11.6. The lowest BCUT2D eigenvalue weighted by Crippen LogP contribution is -2.03. The van der Waals surface area contributed by atoms with E-state index in [4.69, 9.17) is 4.74 Å². The molecule has 0 N–H and O–H groups in total. The van der Waals surface area contributed by atoms with Crippen molar-refractivity contribution in [2.24, 2.45) is 0 Å². The van der Waals surface area contributed by atoms with E-state index >= 15 is 0 Å². The van der Waals surface area contributed by atoms with Crippen LogP contribution in [0.5, 0.6) is 5.75 Å². The van der Waals surface area contributed by atoms with Crippen molar-refractivity contribution < 1.29 is 4.74 Å². The minimum absolute atomic E-state index is 0.0239. The Hall–Kier alpha value is -1.83. The van der Waals surface area contributed by atoms with Crippen LogP contribution in [-0.2, 0) is 6.42 Å². The van der Waals surface area contributed by atoms with Gasteiger partial charge in [-0.05, 0) is 37.1 Å². The van der Waals surface area contributed by atoms with E-state index in [1.165, 1.54) is 5.56 Å². The van der Waals surface area contributed by atoms with Gasteiger partial charge >= 0.3 is 0 Å². The van der Waals surface area contributed by atoms with Crippen LogP contribution >= 0.6 is 0 Å². The zero-order valence-electron chi connectivity index (χ0n) is 10.3. The third-order valence-electron chi connectivity index (χ3n) is 2.77. The Kier molecular flexibility index (Phi) is 3.76. The third-order valence-corrected chi connectivity index (χ3v) is 2.77. The molecular formula is C15H17NO. The number of aromatic nitrogens is 1. The molecule has 0 aliphatic heterocycles. The van der Waals surface area contributed by atoms with Gasteiger partial charge in [0.25, 0.3) is 0 Å². The summed E-state index contributed by atoms with van der Waals surface area (Å²) in [4.78, 5) is 4.10. The maximum absolute atomic E-state index is 5.90. The molecule has 0 saturated carbocycles. The molecule has 1 aromatic carbocycles. The number of pyridine rings is 1. The van der Waals surface area contributed by atoms with E-state index in [0.717, 1.165) is 17.7 Å². The lowest BCUT2D eigenvalue weighted by Gasteiger charge is -2.15. The number of hydrogen-bond donors (Lipinski definition) is 0. The van der Waals surface area contributed by atoms with Crippen LogP contribution < -0.4 is 4.74 Å². The molecule has 2 rings (SSSR count). The van der Waals surface area contributed by atoms with Gasteiger partial charge in [-0.1, -0.05) is 25.1 Å². The minimum atomic E-state index is 0.0239. The topological polar surface area (TPSA) is 22.1 Å². The zero-order chi connectivity index (χ0) is 12.1. The zero-order valence-corrected chi connectivity index (χ0v) is 10.3. The lowest BCUT2D eigenvalue weighted by atomic mass is 10.1. The Morgan fingerprint density at radius 1 is 1.24 bits per heavy atom. The summed E-state index contributed by atoms with van der Waals surface area (Å²) in [5.74, 6) is 0.917. The first-order valence-electron chi connectivity index (χ1n) is 5.95. The Labute approximate surface area is 102 Å². The predicted molar refractivity (Wildman–Crippen MR) is 69.1 cm³/mol. The SMILES string of the molecule is CCc1cccc(OC(C)c2cccnc2)c1. The van der Waals surface area contributed by atoms with Gasteiger partial charge in [0.05, 0.1) is 0 Å². The van der Waals surface area contributed by atoms with E-state index in [9.17, 15) is 0 Å². The molecule has 0 amide bonds. The van der Waals surface area contributed by atoms with Crippen molar-refractivity contribution >= 4 is 0 Å². The summed E-state index contributed by atoms with van der Waals surface area (Å²) in [6.45, 7) is 4.18. The van der Waals surface area contributed by atoms with Crippen LogP contribution in [0.1, 0.15) is 31.1 Å². The van der Waals surface area contributed by atoms with Crippen LogP contribution in [0.25, 0.3) is 0 Å². The van der Waals surface area contributed by atoms with Gasteiger partial charge < -0.3 is 4.74 Å². The highest BCUT2D eigenvalue weighted by atomic mass is 16.5. The van der Waals surface area contributed by atoms with Crippen molar-refractivity contribution in [3.05, 3.63) is 59.9 Å². The standard InChI is InChI=1S/C15H17NO/c1-3-13-6-4-8-15(10-13)17-12(2)14-7-5-9-16-11-14/h4-12H,3H2,1-2H3. The monoisotopic (exact) mass is 227 g/mol. The average molecular weight is 227 g/mol. The molecule has 17 heavy (non-hydrogen) atoms. The van der Waals surface area contributed by atoms with Gasteiger partial charge in [-0.2, -0.15) is 0 Å². The van der Waals surface area contributed by atoms with Gasteiger partial charge in [0, 0.05) is 18.0 Å². The number of benzene rings is 1. The highest BCUT2D eigenvalue weighted by Crippen LogP contribution is 2.21. The van der Waals surface area contributed by atoms with Crippen LogP contribution in [0.2, 0.25) is 0 Å². The molecule has 0 radical (unpaired) electrons. The molecule has 0 saturated heterocycles. The Bertz CT molecular complexity index is 467. The highest BCUT2D eigenvalue weighted by Gasteiger charge is 2.06. The number of ether oxygens (including phenoxy) is 1. The van der Waals surface area contributed by atoms with E-state index in [1.54, 1.807) is 6.20 Å². The summed E-state index contributed by atoms with van der Waals surface area (Å²) < 4.78 is 5.90. The summed E-state index contributed by atoms with van der Waals surface area (Å²) in [7, 11) is 0. The molecule has 1 atom stereocenters. The molecule has 2 nitrogen and oxygen atoms in total. The van der Waals surface area contributed by atoms with Crippen molar-refractivity contribution in [3.63, 3.8) is 0 Å². The number of aryl methyl sites for hydroxylation is 1. The van der Waals surface area contributed by atoms with E-state index in [1.807, 2.05) is 37.4 Å². The van der Waals surface area contributed by atoms with E-state index in [0.29, 0.717) is 0 Å². The van der Waals surface area contributed by atoms with Crippen LogP contribution in [0.4, 0.5) is 0 Å². The first-order valence-corrected chi connectivity index (χ1v) is 5.95. The summed E-state index contributed by atoms with van der Waals surface area (Å²) in [5.41, 5.74) is 2.38. The Morgan fingerprint density at radius 3 is 2.82 bits per heavy atom. The first-order chi connectivity index (χ1) is 8.29. The summed E-state index contributed by atoms with van der Waals surface area (Å²) >= 11 is 0. The fourth-order valence-electron chi connectivity index (χ4n) is 1.73. The molecule has 0 aliphatic carbocycles. The second-order valence-corrected chi connectivity index (χ2v) is 4.05. The van der Waals surface area contributed by atoms with E-state index in [2.05, 4.69) is 24.0 Å². The van der Waals surface area contributed by atoms with Crippen LogP contribution in [0.3, 0.4) is 0 Å². The molecule has 0 spiro atoms. The molecule has 1 aromatic heterocycles. The normalized spacial score (nSPS) is 12.1. The molecule has 2 aromatic rings. The minimum Gasteiger partial charge on any atom is -0.486 e. The van der Waals surface area contributed by atoms with Crippen LogP contribution in [0.15, 0.2) is 48.8 Å². The third kappa shape index (κ3) is 3.06. The van der Waals surface area contributed by atoms with Crippen LogP contribution in [0, 0.1) is 0 Å². The molecule has 1 heterocycles. The lowest BCUT2D eigenvalue weighted by molar-refractivity contribution is 0.226. The van der Waals surface area contributed by atoms with E-state index < -0.39 is 0 Å². The summed E-state index contributed by atoms with van der Waals surface area (Å²) in [6, 6.07) is 12.2. The maximum atomic E-state index is 5.90. The van der Waals surface area contributed by atoms with Crippen LogP contribution in [-0.4, -0.2) is 4.98 Å². The smallest absolute Gasteiger partial charge is 0.122 e. The van der Waals surface area contributed by atoms with Gasteiger partial charge in [0.15, 0.2) is 0 Å². The molecule has 1 unspecified atom stereocenters. The molecule has 0 bridgehead atoms. The van der Waals surface area contributed by atoms with Crippen molar-refractivity contribution in [1.29, 1.82) is 0 Å². The van der Waals surface area contributed by atoms with Crippen molar-refractivity contribution in [2.45, 2.75) is 26.4 Å². The van der Waals surface area contributed by atoms with Gasteiger partial charge in [-0.3, -0.25) is 4.98 Å². The Morgan fingerprint density at radius 2 is 2.12 bits per heavy atom. The number of nitrogens with zero attached hydrogens (tertiary/aromatic N) is 1. The Balaban J connectivity index is 2.10. The quantitative estimate of drug-likeness (QED) is 0.793. The second kappa shape index (κ2) is 5.48. The summed E-state index contributed by atoms with van der Waals surface area (Å²) in [6.07, 6.45) is 4.66. The molecule has 88 valence electrons. The molecular weight excluding hydrogens is 210 g/mol. The number of rotatable bonds is 4. The van der Waals surface area contributed by atoms with Gasteiger partial charge in [-0.15, -0.1) is 0 Å². The predicted octanol–water partition coefficient (Wildman–Crippen LogP) is 3.78. The van der Waals surface area contributed by atoms with Gasteiger partial charge in [0.1, 0.15) is 11.9 Å². The molecule has 2 heteroatoms. The second-order valence-electron chi connectivity index (χ2n) is 4.05. The number of hydrogen-bond acceptors (Lipinski definition) is 2. The van der Waals surface area contributed by atoms with Crippen molar-refractivity contribution in [3.8, 4) is 5.75 Å². The highest BCUT2D eigenvalue weighted by molar-refractivity contribution is 5.29. The molecule has 0 aliphatic rings. The van der Waals surface area contributed by atoms with Crippen molar-refractivity contribution in [1.82, 2.24) is 4.98 Å². The maximum Gasteiger partial charge on any atom is 0.122 e. The summed E-state index contributed by atoms with van der Waals surface area (Å²) in [5, 5.41) is 0. The molecule has 0 fully saturated rings. The fourth-order valence-corrected chi connectivity index (χ4v) is 1.73.